The molecule has 10 heteroatoms. The van der Waals surface area contributed by atoms with E-state index in [4.69, 9.17) is 21.9 Å². The summed E-state index contributed by atoms with van der Waals surface area (Å²) in [4.78, 5) is 15.8. The van der Waals surface area contributed by atoms with E-state index in [1.165, 1.54) is 24.8 Å². The molecule has 2 aromatic heterocycles. The van der Waals surface area contributed by atoms with Crippen LogP contribution in [-0.4, -0.2) is 50.9 Å². The van der Waals surface area contributed by atoms with Gasteiger partial charge in [-0.15, -0.1) is 0 Å². The van der Waals surface area contributed by atoms with E-state index < -0.39 is 0 Å². The van der Waals surface area contributed by atoms with E-state index in [1.807, 2.05) is 6.07 Å². The number of imidazole rings is 1. The van der Waals surface area contributed by atoms with Gasteiger partial charge in [0.25, 0.3) is 0 Å². The highest BCUT2D eigenvalue weighted by atomic mass is 19.1. The van der Waals surface area contributed by atoms with Crippen LogP contribution in [0, 0.1) is 18.2 Å². The summed E-state index contributed by atoms with van der Waals surface area (Å²) < 4.78 is 16.2. The Hall–Kier alpha value is -3.79. The van der Waals surface area contributed by atoms with Crippen LogP contribution in [0.15, 0.2) is 36.9 Å². The topological polar surface area (TPSA) is 135 Å². The van der Waals surface area contributed by atoms with Crippen LogP contribution in [0.25, 0.3) is 16.8 Å². The van der Waals surface area contributed by atoms with Gasteiger partial charge < -0.3 is 31.7 Å². The second-order valence-corrected chi connectivity index (χ2v) is 10.8. The number of nitrogens with zero attached hydrogens (tertiary/aromatic N) is 5. The van der Waals surface area contributed by atoms with Crippen LogP contribution in [0.1, 0.15) is 56.5 Å². The van der Waals surface area contributed by atoms with Gasteiger partial charge >= 0.3 is 0 Å². The van der Waals surface area contributed by atoms with Crippen LogP contribution in [0.2, 0.25) is 0 Å². The Morgan fingerprint density at radius 1 is 1.24 bits per heavy atom. The van der Waals surface area contributed by atoms with E-state index >= 15 is 0 Å². The zero-order valence-electron chi connectivity index (χ0n) is 22.6. The number of rotatable bonds is 8. The van der Waals surface area contributed by atoms with Crippen molar-refractivity contribution in [1.82, 2.24) is 24.8 Å². The quantitative estimate of drug-likeness (QED) is 0.329. The lowest BCUT2D eigenvalue weighted by Crippen LogP contribution is -2.38. The number of nitrogen functional groups attached to an aromatic ring is 1. The molecule has 3 aromatic rings. The Labute approximate surface area is 223 Å². The molecular weight excluding hydrogens is 481 g/mol. The van der Waals surface area contributed by atoms with Crippen molar-refractivity contribution in [2.24, 2.45) is 5.73 Å². The van der Waals surface area contributed by atoms with Crippen molar-refractivity contribution in [2.45, 2.75) is 58.5 Å². The predicted octanol–water partition coefficient (Wildman–Crippen LogP) is 4.09. The molecule has 0 bridgehead atoms. The zero-order chi connectivity index (χ0) is 27.4. The number of allylic oxidation sites excluding steroid dienone is 1. The number of nitrogens with one attached hydrogen (secondary N) is 2. The standard InChI is InChI=1S/C28H38FN9/c1-18-13-20(5-6-22(18)29)23-16-38(12-9-35-28(2,3)4)26(36-23)19-7-10-37(11-8-19)27-24(21(14-30)15-31)25(32)33-17-34-27/h5-6,13-17,19,30,35H,7-12,31H2,1-4H3,(H2,32,33,34)/b21-15+,30-14?. The molecule has 6 N–H and O–H groups in total. The van der Waals surface area contributed by atoms with Gasteiger partial charge in [0.2, 0.25) is 0 Å². The summed E-state index contributed by atoms with van der Waals surface area (Å²) in [6.45, 7) is 11.3. The highest BCUT2D eigenvalue weighted by molar-refractivity contribution is 6.12. The Morgan fingerprint density at radius 3 is 2.61 bits per heavy atom. The molecule has 0 unspecified atom stereocenters. The van der Waals surface area contributed by atoms with E-state index in [-0.39, 0.29) is 17.3 Å². The van der Waals surface area contributed by atoms with Crippen LogP contribution < -0.4 is 21.7 Å². The monoisotopic (exact) mass is 519 g/mol. The highest BCUT2D eigenvalue weighted by Gasteiger charge is 2.28. The smallest absolute Gasteiger partial charge is 0.142 e. The maximum absolute atomic E-state index is 13.9. The number of aryl methyl sites for hydroxylation is 1. The summed E-state index contributed by atoms with van der Waals surface area (Å²) in [5.41, 5.74) is 15.4. The van der Waals surface area contributed by atoms with Crippen molar-refractivity contribution in [3.05, 3.63) is 59.7 Å². The number of anilines is 2. The van der Waals surface area contributed by atoms with Gasteiger partial charge in [-0.25, -0.2) is 19.3 Å². The SMILES string of the molecule is Cc1cc(-c2cn(CCNC(C)(C)C)c(C3CCN(c4ncnc(N)c4/C(C=N)=C/N)CC3)n2)ccc1F. The third-order valence-corrected chi connectivity index (χ3v) is 6.91. The minimum atomic E-state index is -0.212. The second-order valence-electron chi connectivity index (χ2n) is 10.8. The molecule has 1 aromatic carbocycles. The van der Waals surface area contributed by atoms with Crippen molar-refractivity contribution >= 4 is 23.4 Å². The van der Waals surface area contributed by atoms with Crippen molar-refractivity contribution in [3.63, 3.8) is 0 Å². The lowest BCUT2D eigenvalue weighted by molar-refractivity contribution is 0.402. The third kappa shape index (κ3) is 6.02. The normalized spacial score (nSPS) is 15.2. The van der Waals surface area contributed by atoms with Gasteiger partial charge in [0.1, 0.15) is 29.6 Å². The average Bonchev–Trinajstić information content (AvgIpc) is 3.30. The molecule has 1 fully saturated rings. The summed E-state index contributed by atoms with van der Waals surface area (Å²) in [5.74, 6) is 2.08. The average molecular weight is 520 g/mol. The molecule has 4 rings (SSSR count). The molecule has 1 saturated heterocycles. The summed E-state index contributed by atoms with van der Waals surface area (Å²) in [5, 5.41) is 11.3. The zero-order valence-corrected chi connectivity index (χ0v) is 22.6. The first kappa shape index (κ1) is 27.3. The van der Waals surface area contributed by atoms with E-state index in [0.29, 0.717) is 28.3 Å². The summed E-state index contributed by atoms with van der Waals surface area (Å²) in [6.07, 6.45) is 7.82. The molecule has 9 nitrogen and oxygen atoms in total. The Bertz CT molecular complexity index is 1310. The second kappa shape index (κ2) is 11.3. The van der Waals surface area contributed by atoms with Gasteiger partial charge in [0.15, 0.2) is 0 Å². The van der Waals surface area contributed by atoms with Crippen molar-refractivity contribution in [1.29, 1.82) is 5.41 Å². The van der Waals surface area contributed by atoms with Crippen LogP contribution in [0.3, 0.4) is 0 Å². The van der Waals surface area contributed by atoms with E-state index in [1.54, 1.807) is 13.0 Å². The van der Waals surface area contributed by atoms with Crippen molar-refractivity contribution in [3.8, 4) is 11.3 Å². The highest BCUT2D eigenvalue weighted by Crippen LogP contribution is 2.35. The molecule has 3 heterocycles. The van der Waals surface area contributed by atoms with Gasteiger partial charge in [-0.2, -0.15) is 0 Å². The van der Waals surface area contributed by atoms with Gasteiger partial charge in [-0.05, 0) is 64.3 Å². The maximum atomic E-state index is 13.9. The number of hydrogen-bond acceptors (Lipinski definition) is 8. The molecular formula is C28H38FN9. The Balaban J connectivity index is 1.59. The predicted molar refractivity (Wildman–Crippen MR) is 152 cm³/mol. The van der Waals surface area contributed by atoms with Gasteiger partial charge in [0.05, 0.1) is 11.3 Å². The molecule has 1 aliphatic heterocycles. The number of hydrogen-bond donors (Lipinski definition) is 4. The van der Waals surface area contributed by atoms with Crippen molar-refractivity contribution in [2.75, 3.05) is 30.3 Å². The van der Waals surface area contributed by atoms with Gasteiger partial charge in [-0.1, -0.05) is 0 Å². The molecule has 0 atom stereocenters. The molecule has 202 valence electrons. The first-order valence-corrected chi connectivity index (χ1v) is 13.0. The number of nitrogens with two attached hydrogens (primary N) is 2. The minimum absolute atomic E-state index is 0.0212. The van der Waals surface area contributed by atoms with Crippen LogP contribution in [0.5, 0.6) is 0 Å². The number of aromatic nitrogens is 4. The minimum Gasteiger partial charge on any atom is -0.404 e. The molecule has 0 radical (unpaired) electrons. The van der Waals surface area contributed by atoms with E-state index in [9.17, 15) is 4.39 Å². The lowest BCUT2D eigenvalue weighted by atomic mass is 9.95. The van der Waals surface area contributed by atoms with Crippen LogP contribution in [0.4, 0.5) is 16.0 Å². The molecule has 0 saturated carbocycles. The Kier molecular flexibility index (Phi) is 8.11. The molecule has 0 spiro atoms. The maximum Gasteiger partial charge on any atom is 0.142 e. The number of halogens is 1. The molecule has 0 aliphatic carbocycles. The van der Waals surface area contributed by atoms with Crippen LogP contribution >= 0.6 is 0 Å². The largest absolute Gasteiger partial charge is 0.404 e. The Morgan fingerprint density at radius 2 is 1.97 bits per heavy atom. The number of benzene rings is 1. The third-order valence-electron chi connectivity index (χ3n) is 6.91. The fourth-order valence-electron chi connectivity index (χ4n) is 4.89. The number of piperidine rings is 1. The van der Waals surface area contributed by atoms with Gasteiger partial charge in [-0.3, -0.25) is 0 Å². The summed E-state index contributed by atoms with van der Waals surface area (Å²) in [6, 6.07) is 5.16. The molecule has 1 aliphatic rings. The lowest BCUT2D eigenvalue weighted by Gasteiger charge is -2.34. The first-order chi connectivity index (χ1) is 18.1. The summed E-state index contributed by atoms with van der Waals surface area (Å²) >= 11 is 0. The molecule has 0 amide bonds. The fourth-order valence-corrected chi connectivity index (χ4v) is 4.89. The van der Waals surface area contributed by atoms with Gasteiger partial charge in [0, 0.05) is 67.4 Å². The fraction of sp³-hybridized carbons (Fsp3) is 0.429. The molecule has 38 heavy (non-hydrogen) atoms. The van der Waals surface area contributed by atoms with E-state index in [2.05, 4.69) is 51.7 Å². The first-order valence-electron chi connectivity index (χ1n) is 13.0. The van der Waals surface area contributed by atoms with Crippen molar-refractivity contribution < 1.29 is 4.39 Å². The summed E-state index contributed by atoms with van der Waals surface area (Å²) in [7, 11) is 0. The van der Waals surface area contributed by atoms with Crippen LogP contribution in [-0.2, 0) is 6.54 Å². The van der Waals surface area contributed by atoms with E-state index in [0.717, 1.165) is 56.1 Å².